The van der Waals surface area contributed by atoms with Crippen LogP contribution >= 0.6 is 0 Å². The maximum absolute atomic E-state index is 2.60. The second-order valence-electron chi connectivity index (χ2n) is 19.5. The maximum atomic E-state index is 2.60. The van der Waals surface area contributed by atoms with Crippen molar-refractivity contribution in [2.75, 3.05) is 9.80 Å². The summed E-state index contributed by atoms with van der Waals surface area (Å²) in [5, 5.41) is 0. The molecule has 10 rings (SSSR count). The van der Waals surface area contributed by atoms with Gasteiger partial charge in [-0.05, 0) is 116 Å². The molecule has 3 heterocycles. The van der Waals surface area contributed by atoms with Crippen molar-refractivity contribution in [2.24, 2.45) is 0 Å². The van der Waals surface area contributed by atoms with Crippen LogP contribution in [0.5, 0.6) is 0 Å². The zero-order chi connectivity index (χ0) is 41.8. The minimum atomic E-state index is -0.142. The van der Waals surface area contributed by atoms with Crippen molar-refractivity contribution in [3.05, 3.63) is 185 Å². The van der Waals surface area contributed by atoms with Crippen LogP contribution in [0.3, 0.4) is 0 Å². The minimum absolute atomic E-state index is 0.0467. The summed E-state index contributed by atoms with van der Waals surface area (Å²) >= 11 is 0. The van der Waals surface area contributed by atoms with Gasteiger partial charge >= 0.3 is 0 Å². The van der Waals surface area contributed by atoms with Gasteiger partial charge in [-0.15, -0.1) is 0 Å². The topological polar surface area (TPSA) is 6.48 Å². The van der Waals surface area contributed by atoms with Crippen LogP contribution in [0, 0.1) is 0 Å². The van der Waals surface area contributed by atoms with Crippen LogP contribution in [0.2, 0.25) is 0 Å². The highest BCUT2D eigenvalue weighted by atomic mass is 15.2. The third-order valence-electron chi connectivity index (χ3n) is 14.2. The van der Waals surface area contributed by atoms with Crippen LogP contribution in [0.1, 0.15) is 126 Å². The summed E-state index contributed by atoms with van der Waals surface area (Å²) in [4.78, 5) is 5.11. The van der Waals surface area contributed by atoms with Crippen molar-refractivity contribution in [1.82, 2.24) is 0 Å². The molecule has 0 amide bonds. The van der Waals surface area contributed by atoms with Crippen LogP contribution < -0.4 is 26.2 Å². The Hall–Kier alpha value is -5.80. The van der Waals surface area contributed by atoms with Crippen molar-refractivity contribution < 1.29 is 0 Å². The van der Waals surface area contributed by atoms with E-state index in [9.17, 15) is 0 Å². The molecule has 60 heavy (non-hydrogen) atoms. The van der Waals surface area contributed by atoms with E-state index in [-0.39, 0.29) is 17.5 Å². The molecule has 0 fully saturated rings. The van der Waals surface area contributed by atoms with Crippen molar-refractivity contribution >= 4 is 57.2 Å². The van der Waals surface area contributed by atoms with E-state index < -0.39 is 0 Å². The lowest BCUT2D eigenvalue weighted by molar-refractivity contribution is 0.632. The van der Waals surface area contributed by atoms with Crippen molar-refractivity contribution in [3.8, 4) is 11.1 Å². The smallest absolute Gasteiger partial charge is 0.246 e. The van der Waals surface area contributed by atoms with E-state index in [4.69, 9.17) is 0 Å². The van der Waals surface area contributed by atoms with E-state index in [2.05, 4.69) is 225 Å². The summed E-state index contributed by atoms with van der Waals surface area (Å²) in [7, 11) is 0. The van der Waals surface area contributed by atoms with Crippen molar-refractivity contribution in [2.45, 2.75) is 97.8 Å². The maximum Gasteiger partial charge on any atom is 0.246 e. The minimum Gasteiger partial charge on any atom is -0.310 e. The Bertz CT molecular complexity index is 2710. The van der Waals surface area contributed by atoms with Gasteiger partial charge in [-0.1, -0.05) is 183 Å². The quantitative estimate of drug-likeness (QED) is 0.155. The molecule has 0 atom stereocenters. The summed E-state index contributed by atoms with van der Waals surface area (Å²) in [6.45, 7) is 23.8. The third-order valence-corrected chi connectivity index (χ3v) is 14.2. The molecular formula is C57H57BN2. The standard InChI is InChI=1S/C57H57BN2/c1-35(2)38-32-41(36(3)4)54(42(33-38)37(5)6)58-48-31-30-39(59-49-25-15-11-21-44(49)56(7,8)45-22-12-16-26-50(45)59)34-43(48)40-20-19-29-53(55(40)58)60-51-27-17-13-23-46(51)57(9,10)47-24-14-18-28-52(47)60/h11-37H,1-10H3. The zero-order valence-corrected chi connectivity index (χ0v) is 37.1. The fourth-order valence-corrected chi connectivity index (χ4v) is 11.1. The Morgan fingerprint density at radius 1 is 0.400 bits per heavy atom. The van der Waals surface area contributed by atoms with Gasteiger partial charge in [0.15, 0.2) is 0 Å². The summed E-state index contributed by atoms with van der Waals surface area (Å²) in [6.07, 6.45) is 0. The first-order chi connectivity index (χ1) is 28.8. The van der Waals surface area contributed by atoms with Crippen LogP contribution in [-0.4, -0.2) is 6.71 Å². The Morgan fingerprint density at radius 2 is 0.833 bits per heavy atom. The van der Waals surface area contributed by atoms with Crippen molar-refractivity contribution in [1.29, 1.82) is 0 Å². The first-order valence-corrected chi connectivity index (χ1v) is 22.2. The van der Waals surface area contributed by atoms with E-state index in [0.717, 1.165) is 0 Å². The fourth-order valence-electron chi connectivity index (χ4n) is 11.1. The number of para-hydroxylation sites is 4. The molecular weight excluding hydrogens is 723 g/mol. The number of hydrogen-bond donors (Lipinski definition) is 0. The second kappa shape index (κ2) is 13.9. The molecule has 0 N–H and O–H groups in total. The highest BCUT2D eigenvalue weighted by molar-refractivity contribution is 7.00. The summed E-state index contributed by atoms with van der Waals surface area (Å²) in [5.74, 6) is 1.16. The molecule has 3 aliphatic rings. The average molecular weight is 781 g/mol. The van der Waals surface area contributed by atoms with Crippen LogP contribution in [0.15, 0.2) is 146 Å². The predicted molar refractivity (Wildman–Crippen MR) is 259 cm³/mol. The highest BCUT2D eigenvalue weighted by Gasteiger charge is 2.44. The van der Waals surface area contributed by atoms with Crippen molar-refractivity contribution in [3.63, 3.8) is 0 Å². The molecule has 0 spiro atoms. The van der Waals surface area contributed by atoms with E-state index in [1.165, 1.54) is 101 Å². The van der Waals surface area contributed by atoms with E-state index in [1.807, 2.05) is 0 Å². The molecule has 0 saturated carbocycles. The van der Waals surface area contributed by atoms with Gasteiger partial charge in [-0.2, -0.15) is 0 Å². The molecule has 3 aliphatic heterocycles. The lowest BCUT2D eigenvalue weighted by Gasteiger charge is -2.43. The number of nitrogens with zero attached hydrogens (tertiary/aromatic N) is 2. The van der Waals surface area contributed by atoms with E-state index in [0.29, 0.717) is 17.8 Å². The Balaban J connectivity index is 1.29. The van der Waals surface area contributed by atoms with Crippen LogP contribution in [0.25, 0.3) is 11.1 Å². The molecule has 0 aromatic heterocycles. The number of fused-ring (bicyclic) bond motifs is 7. The van der Waals surface area contributed by atoms with Gasteiger partial charge in [0.25, 0.3) is 0 Å². The van der Waals surface area contributed by atoms with Gasteiger partial charge in [-0.25, -0.2) is 0 Å². The van der Waals surface area contributed by atoms with Crippen LogP contribution in [0.4, 0.5) is 34.1 Å². The number of anilines is 6. The SMILES string of the molecule is CC(C)c1cc(C(C)C)c(B2c3ccc(N4c5ccccc5C(C)(C)c5ccccc54)cc3-c3cccc(N4c5ccccc5C(C)(C)c5ccccc54)c32)c(C(C)C)c1. The largest absolute Gasteiger partial charge is 0.310 e. The summed E-state index contributed by atoms with van der Waals surface area (Å²) < 4.78 is 0. The van der Waals surface area contributed by atoms with Gasteiger partial charge in [0.05, 0.1) is 22.7 Å². The fraction of sp³-hybridized carbons (Fsp3) is 0.263. The molecule has 7 aromatic carbocycles. The molecule has 0 radical (unpaired) electrons. The lowest BCUT2D eigenvalue weighted by atomic mass is 9.36. The molecule has 2 nitrogen and oxygen atoms in total. The average Bonchev–Trinajstić information content (AvgIpc) is 3.57. The van der Waals surface area contributed by atoms with E-state index in [1.54, 1.807) is 0 Å². The predicted octanol–water partition coefficient (Wildman–Crippen LogP) is 13.8. The molecule has 298 valence electrons. The van der Waals surface area contributed by atoms with Crippen LogP contribution in [-0.2, 0) is 10.8 Å². The Kier molecular flexibility index (Phi) is 8.89. The number of benzene rings is 7. The lowest BCUT2D eigenvalue weighted by Crippen LogP contribution is -2.53. The normalized spacial score (nSPS) is 15.4. The zero-order valence-electron chi connectivity index (χ0n) is 37.1. The highest BCUT2D eigenvalue weighted by Crippen LogP contribution is 2.54. The van der Waals surface area contributed by atoms with E-state index >= 15 is 0 Å². The molecule has 0 unspecified atom stereocenters. The van der Waals surface area contributed by atoms with Gasteiger partial charge in [-0.3, -0.25) is 0 Å². The monoisotopic (exact) mass is 780 g/mol. The second-order valence-corrected chi connectivity index (χ2v) is 19.5. The number of hydrogen-bond acceptors (Lipinski definition) is 2. The Labute approximate surface area is 359 Å². The van der Waals surface area contributed by atoms with Gasteiger partial charge in [0.1, 0.15) is 0 Å². The molecule has 7 aromatic rings. The molecule has 0 aliphatic carbocycles. The molecule has 3 heteroatoms. The first kappa shape index (κ1) is 38.4. The third kappa shape index (κ3) is 5.54. The Morgan fingerprint density at radius 3 is 1.28 bits per heavy atom. The van der Waals surface area contributed by atoms with Gasteiger partial charge in [0.2, 0.25) is 6.71 Å². The summed E-state index contributed by atoms with van der Waals surface area (Å²) in [5.41, 5.74) is 23.9. The van der Waals surface area contributed by atoms with Gasteiger partial charge in [0, 0.05) is 22.2 Å². The number of rotatable bonds is 6. The first-order valence-electron chi connectivity index (χ1n) is 22.2. The molecule has 0 bridgehead atoms. The summed E-state index contributed by atoms with van der Waals surface area (Å²) in [6, 6.07) is 55.8. The van der Waals surface area contributed by atoms with Gasteiger partial charge < -0.3 is 9.80 Å². The molecule has 0 saturated heterocycles.